The topological polar surface area (TPSA) is 44.5 Å². The average Bonchev–Trinajstić information content (AvgIpc) is 2.33. The molecule has 1 aromatic rings. The van der Waals surface area contributed by atoms with Gasteiger partial charge in [-0.25, -0.2) is 0 Å². The summed E-state index contributed by atoms with van der Waals surface area (Å²) in [7, 11) is 1.66. The maximum atomic E-state index is 5.94. The third-order valence-corrected chi connectivity index (χ3v) is 2.89. The van der Waals surface area contributed by atoms with Crippen molar-refractivity contribution in [3.63, 3.8) is 0 Å². The second kappa shape index (κ2) is 7.27. The largest absolute Gasteiger partial charge is 0.497 e. The van der Waals surface area contributed by atoms with E-state index in [9.17, 15) is 0 Å². The van der Waals surface area contributed by atoms with Gasteiger partial charge in [-0.1, -0.05) is 19.9 Å². The van der Waals surface area contributed by atoms with Gasteiger partial charge in [0.2, 0.25) is 0 Å². The van der Waals surface area contributed by atoms with Gasteiger partial charge >= 0.3 is 0 Å². The Morgan fingerprint density at radius 1 is 1.22 bits per heavy atom. The standard InChI is InChI=1S/C15H25NO2/c1-11(2)6-5-9-18-15-10-13(17-4)7-8-14(15)12(3)16/h7-8,10-12H,5-6,9,16H2,1-4H3/t12-/m1/s1. The van der Waals surface area contributed by atoms with E-state index in [2.05, 4.69) is 13.8 Å². The van der Waals surface area contributed by atoms with Gasteiger partial charge in [0.15, 0.2) is 0 Å². The lowest BCUT2D eigenvalue weighted by Crippen LogP contribution is -2.09. The van der Waals surface area contributed by atoms with Gasteiger partial charge < -0.3 is 15.2 Å². The highest BCUT2D eigenvalue weighted by atomic mass is 16.5. The Kier molecular flexibility index (Phi) is 5.99. The summed E-state index contributed by atoms with van der Waals surface area (Å²) in [6.07, 6.45) is 2.24. The molecule has 0 unspecified atom stereocenters. The number of benzene rings is 1. The predicted octanol–water partition coefficient (Wildman–Crippen LogP) is 3.53. The van der Waals surface area contributed by atoms with E-state index in [-0.39, 0.29) is 6.04 Å². The van der Waals surface area contributed by atoms with Crippen LogP contribution in [0.25, 0.3) is 0 Å². The maximum Gasteiger partial charge on any atom is 0.127 e. The Hall–Kier alpha value is -1.22. The zero-order valence-corrected chi connectivity index (χ0v) is 11.9. The second-order valence-corrected chi connectivity index (χ2v) is 5.08. The molecule has 0 bridgehead atoms. The molecule has 102 valence electrons. The average molecular weight is 251 g/mol. The van der Waals surface area contributed by atoms with Crippen LogP contribution in [0.4, 0.5) is 0 Å². The number of nitrogens with two attached hydrogens (primary N) is 1. The van der Waals surface area contributed by atoms with Crippen LogP contribution >= 0.6 is 0 Å². The van der Waals surface area contributed by atoms with Crippen molar-refractivity contribution in [3.05, 3.63) is 23.8 Å². The minimum Gasteiger partial charge on any atom is -0.497 e. The minimum absolute atomic E-state index is 0.0315. The van der Waals surface area contributed by atoms with Crippen molar-refractivity contribution in [3.8, 4) is 11.5 Å². The summed E-state index contributed by atoms with van der Waals surface area (Å²) < 4.78 is 11.0. The Balaban J connectivity index is 2.66. The van der Waals surface area contributed by atoms with Crippen LogP contribution in [0.3, 0.4) is 0 Å². The molecule has 1 aromatic carbocycles. The number of hydrogen-bond acceptors (Lipinski definition) is 3. The molecule has 0 saturated heterocycles. The Morgan fingerprint density at radius 3 is 2.50 bits per heavy atom. The number of hydrogen-bond donors (Lipinski definition) is 1. The predicted molar refractivity (Wildman–Crippen MR) is 75.2 cm³/mol. The van der Waals surface area contributed by atoms with Gasteiger partial charge in [-0.2, -0.15) is 0 Å². The molecule has 0 aliphatic carbocycles. The first kappa shape index (κ1) is 14.8. The van der Waals surface area contributed by atoms with E-state index in [1.807, 2.05) is 25.1 Å². The van der Waals surface area contributed by atoms with Crippen molar-refractivity contribution in [1.82, 2.24) is 0 Å². The fraction of sp³-hybridized carbons (Fsp3) is 0.600. The third-order valence-electron chi connectivity index (χ3n) is 2.89. The van der Waals surface area contributed by atoms with Crippen LogP contribution in [0.1, 0.15) is 45.2 Å². The van der Waals surface area contributed by atoms with Crippen molar-refractivity contribution < 1.29 is 9.47 Å². The lowest BCUT2D eigenvalue weighted by Gasteiger charge is -2.15. The summed E-state index contributed by atoms with van der Waals surface area (Å²) in [5.41, 5.74) is 6.97. The fourth-order valence-electron chi connectivity index (χ4n) is 1.82. The Morgan fingerprint density at radius 2 is 1.94 bits per heavy atom. The van der Waals surface area contributed by atoms with Crippen molar-refractivity contribution in [2.24, 2.45) is 11.7 Å². The zero-order chi connectivity index (χ0) is 13.5. The lowest BCUT2D eigenvalue weighted by atomic mass is 10.1. The summed E-state index contributed by atoms with van der Waals surface area (Å²) in [5, 5.41) is 0. The van der Waals surface area contributed by atoms with Crippen molar-refractivity contribution in [2.75, 3.05) is 13.7 Å². The molecular formula is C15H25NO2. The Bertz CT molecular complexity index is 362. The number of methoxy groups -OCH3 is 1. The summed E-state index contributed by atoms with van der Waals surface area (Å²) in [6, 6.07) is 5.77. The molecule has 3 nitrogen and oxygen atoms in total. The molecular weight excluding hydrogens is 226 g/mol. The normalized spacial score (nSPS) is 12.6. The van der Waals surface area contributed by atoms with Gasteiger partial charge in [0, 0.05) is 17.7 Å². The second-order valence-electron chi connectivity index (χ2n) is 5.08. The summed E-state index contributed by atoms with van der Waals surface area (Å²) in [5.74, 6) is 2.36. The molecule has 0 saturated carbocycles. The molecule has 0 spiro atoms. The quantitative estimate of drug-likeness (QED) is 0.754. The van der Waals surface area contributed by atoms with Gasteiger partial charge in [-0.3, -0.25) is 0 Å². The first-order valence-corrected chi connectivity index (χ1v) is 6.61. The van der Waals surface area contributed by atoms with Crippen LogP contribution in [0.2, 0.25) is 0 Å². The fourth-order valence-corrected chi connectivity index (χ4v) is 1.82. The highest BCUT2D eigenvalue weighted by Crippen LogP contribution is 2.28. The molecule has 0 heterocycles. The monoisotopic (exact) mass is 251 g/mol. The smallest absolute Gasteiger partial charge is 0.127 e. The van der Waals surface area contributed by atoms with Crippen molar-refractivity contribution in [2.45, 2.75) is 39.7 Å². The first-order valence-electron chi connectivity index (χ1n) is 6.61. The lowest BCUT2D eigenvalue weighted by molar-refractivity contribution is 0.291. The van der Waals surface area contributed by atoms with E-state index in [0.717, 1.165) is 30.1 Å². The number of rotatable bonds is 7. The van der Waals surface area contributed by atoms with Crippen molar-refractivity contribution in [1.29, 1.82) is 0 Å². The molecule has 0 aromatic heterocycles. The summed E-state index contributed by atoms with van der Waals surface area (Å²) >= 11 is 0. The molecule has 0 fully saturated rings. The van der Waals surface area contributed by atoms with Crippen LogP contribution in [-0.2, 0) is 0 Å². The van der Waals surface area contributed by atoms with E-state index < -0.39 is 0 Å². The first-order chi connectivity index (χ1) is 8.54. The van der Waals surface area contributed by atoms with Crippen LogP contribution in [0, 0.1) is 5.92 Å². The highest BCUT2D eigenvalue weighted by molar-refractivity contribution is 5.42. The van der Waals surface area contributed by atoms with E-state index in [4.69, 9.17) is 15.2 Å². The minimum atomic E-state index is -0.0315. The van der Waals surface area contributed by atoms with Crippen LogP contribution < -0.4 is 15.2 Å². The summed E-state index contributed by atoms with van der Waals surface area (Å²) in [6.45, 7) is 7.13. The molecule has 1 atom stereocenters. The molecule has 0 radical (unpaired) electrons. The van der Waals surface area contributed by atoms with Crippen molar-refractivity contribution >= 4 is 0 Å². The van der Waals surface area contributed by atoms with Gasteiger partial charge in [0.1, 0.15) is 11.5 Å². The maximum absolute atomic E-state index is 5.94. The van der Waals surface area contributed by atoms with Gasteiger partial charge in [-0.15, -0.1) is 0 Å². The van der Waals surface area contributed by atoms with Crippen LogP contribution in [0.15, 0.2) is 18.2 Å². The number of ether oxygens (including phenoxy) is 2. The van der Waals surface area contributed by atoms with Gasteiger partial charge in [0.05, 0.1) is 13.7 Å². The molecule has 18 heavy (non-hydrogen) atoms. The molecule has 2 N–H and O–H groups in total. The van der Waals surface area contributed by atoms with Gasteiger partial charge in [-0.05, 0) is 31.7 Å². The van der Waals surface area contributed by atoms with E-state index >= 15 is 0 Å². The third kappa shape index (κ3) is 4.57. The van der Waals surface area contributed by atoms with Crippen LogP contribution in [0.5, 0.6) is 11.5 Å². The highest BCUT2D eigenvalue weighted by Gasteiger charge is 2.09. The molecule has 0 aliphatic heterocycles. The van der Waals surface area contributed by atoms with Gasteiger partial charge in [0.25, 0.3) is 0 Å². The Labute approximate surface area is 110 Å². The summed E-state index contributed by atoms with van der Waals surface area (Å²) in [4.78, 5) is 0. The molecule has 0 aliphatic rings. The SMILES string of the molecule is COc1ccc([C@@H](C)N)c(OCCCC(C)C)c1. The van der Waals surface area contributed by atoms with E-state index in [0.29, 0.717) is 5.92 Å². The molecule has 1 rings (SSSR count). The zero-order valence-electron chi connectivity index (χ0n) is 11.9. The molecule has 3 heteroatoms. The van der Waals surface area contributed by atoms with E-state index in [1.165, 1.54) is 6.42 Å². The van der Waals surface area contributed by atoms with E-state index in [1.54, 1.807) is 7.11 Å². The molecule has 0 amide bonds. The van der Waals surface area contributed by atoms with Crippen LogP contribution in [-0.4, -0.2) is 13.7 Å².